The second kappa shape index (κ2) is 23.2. The number of hydrogen-bond acceptors (Lipinski definition) is 2. The summed E-state index contributed by atoms with van der Waals surface area (Å²) in [7, 11) is 0. The van der Waals surface area contributed by atoms with Gasteiger partial charge < -0.3 is 7.16 Å². The molecule has 0 saturated carbocycles. The molecule has 0 unspecified atom stereocenters. The molecule has 0 rings (SSSR count). The van der Waals surface area contributed by atoms with Gasteiger partial charge >= 0.3 is 29.6 Å². The molecule has 0 spiro atoms. The molecule has 0 aromatic heterocycles. The van der Waals surface area contributed by atoms with Crippen molar-refractivity contribution in [2.45, 2.75) is 110 Å². The summed E-state index contributed by atoms with van der Waals surface area (Å²) in [6.45, 7) is 2.29. The van der Waals surface area contributed by atoms with Crippen molar-refractivity contribution in [1.82, 2.24) is 0 Å². The average Bonchev–Trinajstić information content (AvgIpc) is 2.50. The molecule has 0 saturated heterocycles. The molecule has 0 aliphatic rings. The van der Waals surface area contributed by atoms with Crippen LogP contribution >= 0.6 is 24.0 Å². The van der Waals surface area contributed by atoms with Crippen molar-refractivity contribution < 1.29 is 31.0 Å². The van der Waals surface area contributed by atoms with Gasteiger partial charge in [-0.2, -0.15) is 0 Å². The molecule has 0 radical (unpaired) electrons. The largest absolute Gasteiger partial charge is 1.00 e. The zero-order chi connectivity index (χ0) is 16.3. The van der Waals surface area contributed by atoms with Crippen LogP contribution in [0.15, 0.2) is 0 Å². The Balaban J connectivity index is -0.00000220. The molecule has 0 aromatic rings. The SMILES string of the molecule is CCCCCCCCCCCCCCCCCCSC(N)=S.[H-].[Na+]. The van der Waals surface area contributed by atoms with Crippen LogP contribution in [0.5, 0.6) is 0 Å². The molecule has 0 atom stereocenters. The van der Waals surface area contributed by atoms with Gasteiger partial charge in [-0.15, -0.1) is 0 Å². The van der Waals surface area contributed by atoms with Gasteiger partial charge in [0.25, 0.3) is 0 Å². The Morgan fingerprint density at radius 3 is 1.30 bits per heavy atom. The van der Waals surface area contributed by atoms with Crippen LogP contribution in [0.4, 0.5) is 0 Å². The molecule has 0 heterocycles. The fraction of sp³-hybridized carbons (Fsp3) is 0.947. The van der Waals surface area contributed by atoms with Crippen molar-refractivity contribution in [2.75, 3.05) is 5.75 Å². The fourth-order valence-corrected chi connectivity index (χ4v) is 3.62. The van der Waals surface area contributed by atoms with E-state index in [9.17, 15) is 0 Å². The number of rotatable bonds is 17. The normalized spacial score (nSPS) is 10.5. The Bertz CT molecular complexity index is 243. The fourth-order valence-electron chi connectivity index (χ4n) is 2.82. The van der Waals surface area contributed by atoms with Gasteiger partial charge in [0, 0.05) is 5.75 Å². The van der Waals surface area contributed by atoms with Gasteiger partial charge in [-0.3, -0.25) is 0 Å². The number of nitrogens with two attached hydrogens (primary N) is 1. The molecular weight excluding hydrogens is 329 g/mol. The monoisotopic (exact) mass is 369 g/mol. The molecule has 23 heavy (non-hydrogen) atoms. The van der Waals surface area contributed by atoms with Crippen LogP contribution < -0.4 is 35.3 Å². The average molecular weight is 370 g/mol. The minimum atomic E-state index is 0. The van der Waals surface area contributed by atoms with Crippen molar-refractivity contribution in [3.8, 4) is 0 Å². The Kier molecular flexibility index (Phi) is 26.7. The summed E-state index contributed by atoms with van der Waals surface area (Å²) in [5.41, 5.74) is 5.45. The van der Waals surface area contributed by atoms with Crippen molar-refractivity contribution in [2.24, 2.45) is 5.73 Å². The molecular formula is C19H40NNaS2. The molecule has 0 aliphatic carbocycles. The van der Waals surface area contributed by atoms with E-state index in [4.69, 9.17) is 18.0 Å². The van der Waals surface area contributed by atoms with E-state index in [1.54, 1.807) is 11.8 Å². The zero-order valence-corrected chi connectivity index (χ0v) is 19.5. The third kappa shape index (κ3) is 25.6. The van der Waals surface area contributed by atoms with Crippen molar-refractivity contribution in [3.05, 3.63) is 0 Å². The maximum atomic E-state index is 5.45. The van der Waals surface area contributed by atoms with Crippen molar-refractivity contribution in [3.63, 3.8) is 0 Å². The van der Waals surface area contributed by atoms with Crippen LogP contribution in [-0.4, -0.2) is 10.1 Å². The second-order valence-electron chi connectivity index (χ2n) is 6.47. The maximum Gasteiger partial charge on any atom is 1.00 e. The first kappa shape index (κ1) is 26.5. The van der Waals surface area contributed by atoms with Crippen LogP contribution in [0, 0.1) is 0 Å². The predicted molar refractivity (Wildman–Crippen MR) is 110 cm³/mol. The molecule has 0 amide bonds. The maximum absolute atomic E-state index is 5.45. The molecule has 134 valence electrons. The van der Waals surface area contributed by atoms with Crippen LogP contribution in [0.25, 0.3) is 0 Å². The van der Waals surface area contributed by atoms with Gasteiger partial charge in [0.2, 0.25) is 0 Å². The van der Waals surface area contributed by atoms with Crippen LogP contribution in [0.3, 0.4) is 0 Å². The van der Waals surface area contributed by atoms with E-state index in [0.29, 0.717) is 4.32 Å². The Labute approximate surface area is 179 Å². The van der Waals surface area contributed by atoms with E-state index in [1.807, 2.05) is 0 Å². The van der Waals surface area contributed by atoms with Gasteiger partial charge in [-0.05, 0) is 6.42 Å². The summed E-state index contributed by atoms with van der Waals surface area (Å²) in [5.74, 6) is 1.10. The first-order chi connectivity index (χ1) is 10.8. The van der Waals surface area contributed by atoms with Crippen molar-refractivity contribution >= 4 is 28.3 Å². The molecule has 1 nitrogen and oxygen atoms in total. The quantitative estimate of drug-likeness (QED) is 0.235. The molecule has 0 aromatic carbocycles. The van der Waals surface area contributed by atoms with E-state index in [0.717, 1.165) is 5.75 Å². The summed E-state index contributed by atoms with van der Waals surface area (Å²) >= 11 is 6.47. The van der Waals surface area contributed by atoms with E-state index >= 15 is 0 Å². The first-order valence-electron chi connectivity index (χ1n) is 9.69. The Morgan fingerprint density at radius 1 is 0.696 bits per heavy atom. The minimum Gasteiger partial charge on any atom is -1.00 e. The summed E-state index contributed by atoms with van der Waals surface area (Å²) in [6.07, 6.45) is 22.7. The third-order valence-corrected chi connectivity index (χ3v) is 5.37. The number of unbranched alkanes of at least 4 members (excludes halogenated alkanes) is 15. The van der Waals surface area contributed by atoms with Gasteiger partial charge in [0.05, 0.1) is 0 Å². The van der Waals surface area contributed by atoms with E-state index in [-0.39, 0.29) is 31.0 Å². The topological polar surface area (TPSA) is 26.0 Å². The third-order valence-electron chi connectivity index (χ3n) is 4.24. The summed E-state index contributed by atoms with van der Waals surface area (Å²) in [6, 6.07) is 0. The molecule has 2 N–H and O–H groups in total. The summed E-state index contributed by atoms with van der Waals surface area (Å²) in [4.78, 5) is 0. The smallest absolute Gasteiger partial charge is 1.00 e. The van der Waals surface area contributed by atoms with E-state index < -0.39 is 0 Å². The van der Waals surface area contributed by atoms with Crippen LogP contribution in [0.1, 0.15) is 111 Å². The van der Waals surface area contributed by atoms with Crippen LogP contribution in [-0.2, 0) is 0 Å². The van der Waals surface area contributed by atoms with Gasteiger partial charge in [0.15, 0.2) is 0 Å². The van der Waals surface area contributed by atoms with E-state index in [2.05, 4.69) is 6.92 Å². The van der Waals surface area contributed by atoms with Crippen molar-refractivity contribution in [1.29, 1.82) is 0 Å². The standard InChI is InChI=1S/C19H39NS2.Na.H/c1-2-3-4-5-6-7-8-9-10-11-12-13-14-15-16-17-18-22-19(20)21;;/h2-18H2,1H3,(H2,20,21);;/q;+1;-1. The van der Waals surface area contributed by atoms with Gasteiger partial charge in [-0.1, -0.05) is 127 Å². The first-order valence-corrected chi connectivity index (χ1v) is 11.1. The summed E-state index contributed by atoms with van der Waals surface area (Å²) in [5, 5.41) is 0. The minimum absolute atomic E-state index is 0. The molecule has 0 fully saturated rings. The van der Waals surface area contributed by atoms with Gasteiger partial charge in [0.1, 0.15) is 4.32 Å². The van der Waals surface area contributed by atoms with Gasteiger partial charge in [-0.25, -0.2) is 0 Å². The number of hydrogen-bond donors (Lipinski definition) is 1. The second-order valence-corrected chi connectivity index (χ2v) is 8.31. The number of thioether (sulfide) groups is 1. The molecule has 0 bridgehead atoms. The zero-order valence-electron chi connectivity index (χ0n) is 16.9. The summed E-state index contributed by atoms with van der Waals surface area (Å²) < 4.78 is 0.598. The Morgan fingerprint density at radius 2 is 1.00 bits per heavy atom. The Hall–Kier alpha value is 1.24. The predicted octanol–water partition coefficient (Wildman–Crippen LogP) is 4.34. The van der Waals surface area contributed by atoms with E-state index in [1.165, 1.54) is 103 Å². The van der Waals surface area contributed by atoms with Crippen LogP contribution in [0.2, 0.25) is 0 Å². The number of thiocarbonyl (C=S) groups is 1. The molecule has 0 aliphatic heterocycles. The molecule has 4 heteroatoms.